The van der Waals surface area contributed by atoms with E-state index in [9.17, 15) is 14.9 Å². The smallest absolute Gasteiger partial charge is 0.273 e. The molecule has 9 heteroatoms. The normalized spacial score (nSPS) is 10.1. The fourth-order valence-electron chi connectivity index (χ4n) is 1.59. The van der Waals surface area contributed by atoms with Crippen LogP contribution in [-0.4, -0.2) is 22.9 Å². The Balaban J connectivity index is 2.34. The van der Waals surface area contributed by atoms with Crippen LogP contribution in [0.3, 0.4) is 0 Å². The molecule has 0 saturated carbocycles. The van der Waals surface area contributed by atoms with Gasteiger partial charge in [0.2, 0.25) is 11.8 Å². The molecule has 1 aromatic carbocycles. The molecule has 1 aromatic heterocycles. The summed E-state index contributed by atoms with van der Waals surface area (Å²) in [5, 5.41) is 10.8. The zero-order valence-corrected chi connectivity index (χ0v) is 12.0. The second-order valence-electron chi connectivity index (χ2n) is 4.07. The number of hydrogen-bond donors (Lipinski definition) is 1. The lowest BCUT2D eigenvalue weighted by Crippen LogP contribution is -2.11. The molecule has 0 aliphatic carbocycles. The van der Waals surface area contributed by atoms with Crippen LogP contribution in [0.4, 0.5) is 5.69 Å². The van der Waals surface area contributed by atoms with E-state index in [1.807, 2.05) is 0 Å². The zero-order chi connectivity index (χ0) is 16.3. The molecule has 0 atom stereocenters. The molecule has 22 heavy (non-hydrogen) atoms. The number of carbonyl (C=O) groups excluding carboxylic acids is 1. The van der Waals surface area contributed by atoms with Gasteiger partial charge in [0, 0.05) is 12.3 Å². The topological polar surface area (TPSA) is 118 Å². The Labute approximate surface area is 129 Å². The van der Waals surface area contributed by atoms with Crippen molar-refractivity contribution in [2.24, 2.45) is 5.73 Å². The van der Waals surface area contributed by atoms with E-state index in [2.05, 4.69) is 4.98 Å². The van der Waals surface area contributed by atoms with E-state index in [1.54, 1.807) is 0 Å². The molecule has 0 spiro atoms. The van der Waals surface area contributed by atoms with E-state index in [-0.39, 0.29) is 33.7 Å². The van der Waals surface area contributed by atoms with Gasteiger partial charge in [0.25, 0.3) is 5.69 Å². The number of primary amides is 1. The summed E-state index contributed by atoms with van der Waals surface area (Å²) in [5.41, 5.74) is 5.10. The summed E-state index contributed by atoms with van der Waals surface area (Å²) >= 11 is 5.96. The fraction of sp³-hybridized carbons (Fsp3) is 0.0769. The van der Waals surface area contributed by atoms with Crippen molar-refractivity contribution in [3.05, 3.63) is 51.2 Å². The maximum absolute atomic E-state index is 11.0. The number of ether oxygens (including phenoxy) is 2. The minimum Gasteiger partial charge on any atom is -0.493 e. The molecular weight excluding hydrogens is 314 g/mol. The van der Waals surface area contributed by atoms with Gasteiger partial charge < -0.3 is 15.2 Å². The van der Waals surface area contributed by atoms with E-state index in [1.165, 1.54) is 37.6 Å². The molecular formula is C13H10ClN3O5. The number of nitrogens with zero attached hydrogens (tertiary/aromatic N) is 2. The first-order valence-electron chi connectivity index (χ1n) is 5.88. The van der Waals surface area contributed by atoms with E-state index in [0.717, 1.165) is 0 Å². The number of carbonyl (C=O) groups is 1. The second kappa shape index (κ2) is 6.27. The van der Waals surface area contributed by atoms with Gasteiger partial charge in [0.15, 0.2) is 11.5 Å². The van der Waals surface area contributed by atoms with Gasteiger partial charge in [-0.05, 0) is 12.1 Å². The lowest BCUT2D eigenvalue weighted by Gasteiger charge is -2.10. The molecule has 0 bridgehead atoms. The van der Waals surface area contributed by atoms with Crippen LogP contribution in [0.15, 0.2) is 30.5 Å². The molecule has 114 valence electrons. The van der Waals surface area contributed by atoms with Crippen molar-refractivity contribution >= 4 is 23.2 Å². The predicted octanol–water partition coefficient (Wildman–Crippen LogP) is 2.54. The molecule has 0 aliphatic heterocycles. The number of halogens is 1. The van der Waals surface area contributed by atoms with Crippen LogP contribution in [0.25, 0.3) is 0 Å². The number of amides is 1. The summed E-state index contributed by atoms with van der Waals surface area (Å²) in [7, 11) is 1.34. The molecule has 0 radical (unpaired) electrons. The SMILES string of the molecule is COc1cc([N+](=O)[O-])ccc1Oc1ncc(C(N)=O)cc1Cl. The minimum atomic E-state index is -0.672. The number of non-ortho nitro benzene ring substituents is 1. The third-order valence-corrected chi connectivity index (χ3v) is 2.93. The van der Waals surface area contributed by atoms with Gasteiger partial charge in [-0.1, -0.05) is 11.6 Å². The quantitative estimate of drug-likeness (QED) is 0.667. The maximum Gasteiger partial charge on any atom is 0.273 e. The highest BCUT2D eigenvalue weighted by Gasteiger charge is 2.15. The monoisotopic (exact) mass is 323 g/mol. The largest absolute Gasteiger partial charge is 0.493 e. The van der Waals surface area contributed by atoms with Gasteiger partial charge in [-0.2, -0.15) is 0 Å². The van der Waals surface area contributed by atoms with Gasteiger partial charge >= 0.3 is 0 Å². The van der Waals surface area contributed by atoms with Gasteiger partial charge in [0.05, 0.1) is 23.7 Å². The lowest BCUT2D eigenvalue weighted by molar-refractivity contribution is -0.384. The van der Waals surface area contributed by atoms with Crippen molar-refractivity contribution < 1.29 is 19.2 Å². The van der Waals surface area contributed by atoms with Gasteiger partial charge in [-0.3, -0.25) is 14.9 Å². The second-order valence-corrected chi connectivity index (χ2v) is 4.48. The number of hydrogen-bond acceptors (Lipinski definition) is 6. The van der Waals surface area contributed by atoms with Crippen molar-refractivity contribution in [3.63, 3.8) is 0 Å². The van der Waals surface area contributed by atoms with Crippen molar-refractivity contribution in [1.29, 1.82) is 0 Å². The highest BCUT2D eigenvalue weighted by Crippen LogP contribution is 2.36. The van der Waals surface area contributed by atoms with E-state index >= 15 is 0 Å². The van der Waals surface area contributed by atoms with Crippen molar-refractivity contribution in [3.8, 4) is 17.4 Å². The third kappa shape index (κ3) is 3.23. The number of aromatic nitrogens is 1. The third-order valence-electron chi connectivity index (χ3n) is 2.66. The van der Waals surface area contributed by atoms with E-state index in [4.69, 9.17) is 26.8 Å². The summed E-state index contributed by atoms with van der Waals surface area (Å²) in [6.07, 6.45) is 1.21. The van der Waals surface area contributed by atoms with Crippen LogP contribution < -0.4 is 15.2 Å². The maximum atomic E-state index is 11.0. The Morgan fingerprint density at radius 3 is 2.64 bits per heavy atom. The van der Waals surface area contributed by atoms with Crippen LogP contribution in [0, 0.1) is 10.1 Å². The number of nitro benzene ring substituents is 1. The van der Waals surface area contributed by atoms with Gasteiger partial charge in [-0.25, -0.2) is 4.98 Å². The number of nitro groups is 1. The first-order chi connectivity index (χ1) is 10.4. The average Bonchev–Trinajstić information content (AvgIpc) is 2.49. The number of pyridine rings is 1. The number of benzene rings is 1. The Morgan fingerprint density at radius 1 is 1.36 bits per heavy atom. The first kappa shape index (κ1) is 15.5. The number of methoxy groups -OCH3 is 1. The summed E-state index contributed by atoms with van der Waals surface area (Å²) in [6.45, 7) is 0. The van der Waals surface area contributed by atoms with Crippen LogP contribution in [0.1, 0.15) is 10.4 Å². The molecule has 0 unspecified atom stereocenters. The molecule has 2 rings (SSSR count). The summed E-state index contributed by atoms with van der Waals surface area (Å²) in [6, 6.07) is 5.13. The fourth-order valence-corrected chi connectivity index (χ4v) is 1.80. The zero-order valence-electron chi connectivity index (χ0n) is 11.3. The lowest BCUT2D eigenvalue weighted by atomic mass is 10.2. The molecule has 1 amide bonds. The highest BCUT2D eigenvalue weighted by molar-refractivity contribution is 6.32. The van der Waals surface area contributed by atoms with Crippen LogP contribution in [0.2, 0.25) is 5.02 Å². The van der Waals surface area contributed by atoms with E-state index in [0.29, 0.717) is 0 Å². The molecule has 1 heterocycles. The predicted molar refractivity (Wildman–Crippen MR) is 77.5 cm³/mol. The summed E-state index contributed by atoms with van der Waals surface area (Å²) in [5.74, 6) is -0.326. The molecule has 0 fully saturated rings. The van der Waals surface area contributed by atoms with Crippen LogP contribution in [0.5, 0.6) is 17.4 Å². The van der Waals surface area contributed by atoms with E-state index < -0.39 is 10.8 Å². The first-order valence-corrected chi connectivity index (χ1v) is 6.25. The Kier molecular flexibility index (Phi) is 4.42. The van der Waals surface area contributed by atoms with Crippen LogP contribution in [-0.2, 0) is 0 Å². The minimum absolute atomic E-state index is 0.0128. The Morgan fingerprint density at radius 2 is 2.09 bits per heavy atom. The van der Waals surface area contributed by atoms with Crippen molar-refractivity contribution in [1.82, 2.24) is 4.98 Å². The molecule has 2 N–H and O–H groups in total. The highest BCUT2D eigenvalue weighted by atomic mass is 35.5. The summed E-state index contributed by atoms with van der Waals surface area (Å²) < 4.78 is 10.5. The average molecular weight is 324 g/mol. The van der Waals surface area contributed by atoms with Crippen molar-refractivity contribution in [2.45, 2.75) is 0 Å². The Hall–Kier alpha value is -2.87. The number of rotatable bonds is 5. The van der Waals surface area contributed by atoms with Gasteiger partial charge in [-0.15, -0.1) is 0 Å². The molecule has 2 aromatic rings. The van der Waals surface area contributed by atoms with Crippen molar-refractivity contribution in [2.75, 3.05) is 7.11 Å². The Bertz CT molecular complexity index is 750. The molecule has 0 saturated heterocycles. The van der Waals surface area contributed by atoms with Crippen LogP contribution >= 0.6 is 11.6 Å². The summed E-state index contributed by atoms with van der Waals surface area (Å²) in [4.78, 5) is 25.1. The van der Waals surface area contributed by atoms with Gasteiger partial charge in [0.1, 0.15) is 5.02 Å². The molecule has 8 nitrogen and oxygen atoms in total. The standard InChI is InChI=1S/C13H10ClN3O5/c1-21-11-5-8(17(19)20)2-3-10(11)22-13-9(14)4-7(6-16-13)12(15)18/h2-6H,1H3,(H2,15,18). The number of nitrogens with two attached hydrogens (primary N) is 1. The molecule has 0 aliphatic rings.